The molecular formula is C17H15N3S. The van der Waals surface area contributed by atoms with E-state index in [4.69, 9.17) is 12.2 Å². The van der Waals surface area contributed by atoms with Gasteiger partial charge >= 0.3 is 0 Å². The maximum Gasteiger partial charge on any atom is 0.139 e. The van der Waals surface area contributed by atoms with Crippen molar-refractivity contribution in [1.82, 2.24) is 15.3 Å². The summed E-state index contributed by atoms with van der Waals surface area (Å²) in [6.07, 6.45) is 0.974. The van der Waals surface area contributed by atoms with Gasteiger partial charge in [0.25, 0.3) is 0 Å². The van der Waals surface area contributed by atoms with E-state index in [2.05, 4.69) is 57.7 Å². The van der Waals surface area contributed by atoms with E-state index in [1.54, 1.807) is 0 Å². The molecule has 0 atom stereocenters. The topological polar surface area (TPSA) is 40.7 Å². The smallest absolute Gasteiger partial charge is 0.139 e. The first kappa shape index (κ1) is 12.7. The van der Waals surface area contributed by atoms with Crippen LogP contribution in [0.25, 0.3) is 22.2 Å². The predicted octanol–water partition coefficient (Wildman–Crippen LogP) is 3.61. The molecule has 2 N–H and O–H groups in total. The minimum Gasteiger partial charge on any atom is -0.343 e. The quantitative estimate of drug-likeness (QED) is 0.673. The lowest BCUT2D eigenvalue weighted by molar-refractivity contribution is 0.624. The summed E-state index contributed by atoms with van der Waals surface area (Å²) in [6.45, 7) is 1.80. The molecule has 0 radical (unpaired) electrons. The second-order valence-corrected chi connectivity index (χ2v) is 5.72. The third kappa shape index (κ3) is 2.26. The SMILES string of the molecule is S=c1nc(-c2ccc3ccccc3c2)[nH]c2c1CNCC2. The van der Waals surface area contributed by atoms with Gasteiger partial charge in [0.2, 0.25) is 0 Å². The highest BCUT2D eigenvalue weighted by molar-refractivity contribution is 7.71. The van der Waals surface area contributed by atoms with Gasteiger partial charge in [-0.25, -0.2) is 4.98 Å². The van der Waals surface area contributed by atoms with Crippen molar-refractivity contribution < 1.29 is 0 Å². The fourth-order valence-electron chi connectivity index (χ4n) is 2.84. The van der Waals surface area contributed by atoms with Gasteiger partial charge in [0.1, 0.15) is 10.5 Å². The Kier molecular flexibility index (Phi) is 3.05. The number of hydrogen-bond donors (Lipinski definition) is 2. The number of hydrogen-bond acceptors (Lipinski definition) is 3. The van der Waals surface area contributed by atoms with E-state index in [1.165, 1.54) is 16.5 Å². The van der Waals surface area contributed by atoms with E-state index in [9.17, 15) is 0 Å². The van der Waals surface area contributed by atoms with Gasteiger partial charge in [0.15, 0.2) is 0 Å². The highest BCUT2D eigenvalue weighted by Crippen LogP contribution is 2.23. The lowest BCUT2D eigenvalue weighted by Gasteiger charge is -2.17. The first-order valence-electron chi connectivity index (χ1n) is 7.13. The van der Waals surface area contributed by atoms with Crippen molar-refractivity contribution in [3.63, 3.8) is 0 Å². The molecule has 3 nitrogen and oxygen atoms in total. The molecule has 1 aromatic heterocycles. The van der Waals surface area contributed by atoms with Gasteiger partial charge in [0, 0.05) is 36.3 Å². The number of benzene rings is 2. The zero-order chi connectivity index (χ0) is 14.2. The fourth-order valence-corrected chi connectivity index (χ4v) is 3.13. The third-order valence-electron chi connectivity index (χ3n) is 3.98. The number of rotatable bonds is 1. The van der Waals surface area contributed by atoms with Crippen LogP contribution in [0.1, 0.15) is 11.3 Å². The Morgan fingerprint density at radius 2 is 1.90 bits per heavy atom. The van der Waals surface area contributed by atoms with Crippen LogP contribution >= 0.6 is 12.2 Å². The summed E-state index contributed by atoms with van der Waals surface area (Å²) >= 11 is 5.45. The van der Waals surface area contributed by atoms with Crippen molar-refractivity contribution >= 4 is 23.0 Å². The minimum absolute atomic E-state index is 0.708. The van der Waals surface area contributed by atoms with E-state index in [-0.39, 0.29) is 0 Å². The van der Waals surface area contributed by atoms with Crippen LogP contribution in [0.4, 0.5) is 0 Å². The molecule has 21 heavy (non-hydrogen) atoms. The molecular weight excluding hydrogens is 278 g/mol. The summed E-state index contributed by atoms with van der Waals surface area (Å²) in [5, 5.41) is 5.79. The van der Waals surface area contributed by atoms with Gasteiger partial charge in [-0.3, -0.25) is 0 Å². The molecule has 4 rings (SSSR count). The second kappa shape index (κ2) is 5.06. The molecule has 0 fully saturated rings. The summed E-state index contributed by atoms with van der Waals surface area (Å²) in [6, 6.07) is 14.7. The predicted molar refractivity (Wildman–Crippen MR) is 87.8 cm³/mol. The molecule has 2 heterocycles. The summed E-state index contributed by atoms with van der Waals surface area (Å²) in [5.74, 6) is 0.867. The van der Waals surface area contributed by atoms with Crippen molar-refractivity contribution in [2.75, 3.05) is 6.54 Å². The Morgan fingerprint density at radius 3 is 2.81 bits per heavy atom. The van der Waals surface area contributed by atoms with Crippen LogP contribution in [0, 0.1) is 4.64 Å². The van der Waals surface area contributed by atoms with E-state index in [0.29, 0.717) is 4.64 Å². The molecule has 1 aliphatic rings. The standard InChI is InChI=1S/C17H15N3S/c21-17-14-10-18-8-7-15(14)19-16(20-17)13-6-5-11-3-1-2-4-12(11)9-13/h1-6,9,18H,7-8,10H2,(H,19,20,21). The molecule has 0 saturated heterocycles. The van der Waals surface area contributed by atoms with Gasteiger partial charge in [0.05, 0.1) is 0 Å². The van der Waals surface area contributed by atoms with E-state index < -0.39 is 0 Å². The molecule has 0 saturated carbocycles. The minimum atomic E-state index is 0.708. The number of nitrogens with one attached hydrogen (secondary N) is 2. The normalized spacial score (nSPS) is 14.1. The van der Waals surface area contributed by atoms with E-state index in [1.807, 2.05) is 0 Å². The van der Waals surface area contributed by atoms with Crippen molar-refractivity contribution in [3.8, 4) is 11.4 Å². The number of nitrogens with zero attached hydrogens (tertiary/aromatic N) is 1. The van der Waals surface area contributed by atoms with Crippen LogP contribution < -0.4 is 5.32 Å². The summed E-state index contributed by atoms with van der Waals surface area (Å²) < 4.78 is 0.708. The lowest BCUT2D eigenvalue weighted by Crippen LogP contribution is -2.25. The number of H-pyrrole nitrogens is 1. The third-order valence-corrected chi connectivity index (χ3v) is 4.32. The van der Waals surface area contributed by atoms with Gasteiger partial charge in [-0.15, -0.1) is 0 Å². The Morgan fingerprint density at radius 1 is 1.05 bits per heavy atom. The van der Waals surface area contributed by atoms with Crippen LogP contribution in [0.15, 0.2) is 42.5 Å². The molecule has 0 aliphatic carbocycles. The van der Waals surface area contributed by atoms with E-state index in [0.717, 1.165) is 36.5 Å². The first-order chi connectivity index (χ1) is 10.3. The largest absolute Gasteiger partial charge is 0.343 e. The first-order valence-corrected chi connectivity index (χ1v) is 7.54. The molecule has 0 unspecified atom stereocenters. The summed E-state index contributed by atoms with van der Waals surface area (Å²) in [5.41, 5.74) is 3.44. The molecule has 4 heteroatoms. The molecule has 3 aromatic rings. The average molecular weight is 293 g/mol. The van der Waals surface area contributed by atoms with Gasteiger partial charge in [-0.2, -0.15) is 0 Å². The molecule has 1 aliphatic heterocycles. The fraction of sp³-hybridized carbons (Fsp3) is 0.176. The van der Waals surface area contributed by atoms with Crippen molar-refractivity contribution in [2.45, 2.75) is 13.0 Å². The van der Waals surface area contributed by atoms with Gasteiger partial charge < -0.3 is 10.3 Å². The van der Waals surface area contributed by atoms with Gasteiger partial charge in [-0.05, 0) is 16.8 Å². The molecule has 0 bridgehead atoms. The van der Waals surface area contributed by atoms with Gasteiger partial charge in [-0.1, -0.05) is 48.6 Å². The maximum atomic E-state index is 5.45. The summed E-state index contributed by atoms with van der Waals surface area (Å²) in [4.78, 5) is 8.05. The Labute approximate surface area is 128 Å². The summed E-state index contributed by atoms with van der Waals surface area (Å²) in [7, 11) is 0. The van der Waals surface area contributed by atoms with Crippen LogP contribution in [-0.2, 0) is 13.0 Å². The zero-order valence-electron chi connectivity index (χ0n) is 11.5. The molecule has 2 aromatic carbocycles. The van der Waals surface area contributed by atoms with Crippen LogP contribution in [0.5, 0.6) is 0 Å². The van der Waals surface area contributed by atoms with E-state index >= 15 is 0 Å². The number of aromatic nitrogens is 2. The average Bonchev–Trinajstić information content (AvgIpc) is 2.54. The Bertz CT molecular complexity index is 883. The van der Waals surface area contributed by atoms with Crippen molar-refractivity contribution in [1.29, 1.82) is 0 Å². The highest BCUT2D eigenvalue weighted by atomic mass is 32.1. The highest BCUT2D eigenvalue weighted by Gasteiger charge is 2.13. The zero-order valence-corrected chi connectivity index (χ0v) is 12.3. The Hall–Kier alpha value is -2.04. The maximum absolute atomic E-state index is 5.45. The molecule has 0 spiro atoms. The molecule has 104 valence electrons. The number of aromatic amines is 1. The van der Waals surface area contributed by atoms with Crippen molar-refractivity contribution in [3.05, 3.63) is 58.4 Å². The monoisotopic (exact) mass is 293 g/mol. The van der Waals surface area contributed by atoms with Crippen LogP contribution in [0.2, 0.25) is 0 Å². The number of fused-ring (bicyclic) bond motifs is 2. The second-order valence-electron chi connectivity index (χ2n) is 5.34. The lowest BCUT2D eigenvalue weighted by atomic mass is 10.1. The van der Waals surface area contributed by atoms with Crippen LogP contribution in [-0.4, -0.2) is 16.5 Å². The van der Waals surface area contributed by atoms with Crippen molar-refractivity contribution in [2.24, 2.45) is 0 Å². The van der Waals surface area contributed by atoms with Crippen LogP contribution in [0.3, 0.4) is 0 Å². The molecule has 0 amide bonds. The Balaban J connectivity index is 1.88.